The second kappa shape index (κ2) is 7.24. The minimum absolute atomic E-state index is 0.290. The van der Waals surface area contributed by atoms with Crippen molar-refractivity contribution in [3.8, 4) is 0 Å². The maximum absolute atomic E-state index is 11.6. The molecule has 1 heterocycles. The van der Waals surface area contributed by atoms with E-state index in [0.29, 0.717) is 12.6 Å². The Balaban J connectivity index is 2.28. The van der Waals surface area contributed by atoms with Crippen LogP contribution < -0.4 is 16.0 Å². The number of carbonyl (C=O) groups is 2. The number of imide groups is 1. The van der Waals surface area contributed by atoms with E-state index in [0.717, 1.165) is 26.1 Å². The van der Waals surface area contributed by atoms with E-state index in [9.17, 15) is 9.59 Å². The van der Waals surface area contributed by atoms with Crippen molar-refractivity contribution in [3.63, 3.8) is 0 Å². The molecule has 3 amide bonds. The Kier molecular flexibility index (Phi) is 5.93. The van der Waals surface area contributed by atoms with Crippen LogP contribution in [-0.2, 0) is 9.53 Å². The summed E-state index contributed by atoms with van der Waals surface area (Å²) < 4.78 is 5.23. The summed E-state index contributed by atoms with van der Waals surface area (Å²) in [6.45, 7) is 5.50. The molecule has 0 bridgehead atoms. The molecule has 1 atom stereocenters. The number of amides is 3. The molecule has 0 saturated carbocycles. The standard InChI is InChI=1S/C11H21N3O3/c1-3-12-11(16)14-10(15)8(2)13-9-4-6-17-7-5-9/h8-9,13H,3-7H2,1-2H3,(H2,12,14,15,16). The van der Waals surface area contributed by atoms with Gasteiger partial charge in [-0.25, -0.2) is 4.79 Å². The van der Waals surface area contributed by atoms with Crippen molar-refractivity contribution in [2.24, 2.45) is 0 Å². The van der Waals surface area contributed by atoms with Crippen molar-refractivity contribution in [2.45, 2.75) is 38.8 Å². The molecule has 0 aromatic carbocycles. The third-order valence-electron chi connectivity index (χ3n) is 2.67. The number of ether oxygens (including phenoxy) is 1. The molecule has 6 heteroatoms. The molecule has 1 aliphatic heterocycles. The summed E-state index contributed by atoms with van der Waals surface area (Å²) in [6.07, 6.45) is 1.80. The molecule has 1 fully saturated rings. The number of hydrogen-bond donors (Lipinski definition) is 3. The first-order chi connectivity index (χ1) is 8.13. The monoisotopic (exact) mass is 243 g/mol. The highest BCUT2D eigenvalue weighted by atomic mass is 16.5. The van der Waals surface area contributed by atoms with Gasteiger partial charge in [0.1, 0.15) is 0 Å². The Morgan fingerprint density at radius 1 is 1.35 bits per heavy atom. The molecule has 0 aromatic heterocycles. The average Bonchev–Trinajstić information content (AvgIpc) is 2.30. The summed E-state index contributed by atoms with van der Waals surface area (Å²) in [4.78, 5) is 22.8. The van der Waals surface area contributed by atoms with E-state index in [1.807, 2.05) is 0 Å². The largest absolute Gasteiger partial charge is 0.381 e. The van der Waals surface area contributed by atoms with Crippen molar-refractivity contribution in [1.29, 1.82) is 0 Å². The highest BCUT2D eigenvalue weighted by molar-refractivity contribution is 5.96. The summed E-state index contributed by atoms with van der Waals surface area (Å²) in [5, 5.41) is 8.00. The Hall–Kier alpha value is -1.14. The predicted octanol–water partition coefficient (Wildman–Crippen LogP) is -0.0108. The van der Waals surface area contributed by atoms with Crippen LogP contribution in [0.2, 0.25) is 0 Å². The maximum Gasteiger partial charge on any atom is 0.321 e. The highest BCUT2D eigenvalue weighted by Gasteiger charge is 2.20. The normalized spacial score (nSPS) is 18.5. The fraction of sp³-hybridized carbons (Fsp3) is 0.818. The van der Waals surface area contributed by atoms with E-state index < -0.39 is 6.03 Å². The molecular weight excluding hydrogens is 222 g/mol. The zero-order chi connectivity index (χ0) is 12.7. The Morgan fingerprint density at radius 2 is 2.00 bits per heavy atom. The van der Waals surface area contributed by atoms with Gasteiger partial charge in [0.2, 0.25) is 5.91 Å². The zero-order valence-electron chi connectivity index (χ0n) is 10.4. The van der Waals surface area contributed by atoms with Gasteiger partial charge in [-0.05, 0) is 26.7 Å². The van der Waals surface area contributed by atoms with Crippen LogP contribution in [0, 0.1) is 0 Å². The van der Waals surface area contributed by atoms with Gasteiger partial charge in [-0.15, -0.1) is 0 Å². The van der Waals surface area contributed by atoms with Gasteiger partial charge in [-0.3, -0.25) is 10.1 Å². The lowest BCUT2D eigenvalue weighted by atomic mass is 10.1. The first kappa shape index (κ1) is 13.9. The van der Waals surface area contributed by atoms with Gasteiger partial charge in [-0.2, -0.15) is 0 Å². The van der Waals surface area contributed by atoms with Gasteiger partial charge in [0.25, 0.3) is 0 Å². The first-order valence-corrected chi connectivity index (χ1v) is 6.06. The van der Waals surface area contributed by atoms with Crippen LogP contribution in [-0.4, -0.2) is 43.8 Å². The summed E-state index contributed by atoms with van der Waals surface area (Å²) in [5.74, 6) is -0.303. The smallest absolute Gasteiger partial charge is 0.321 e. The summed E-state index contributed by atoms with van der Waals surface area (Å²) >= 11 is 0. The molecular formula is C11H21N3O3. The van der Waals surface area contributed by atoms with Gasteiger partial charge in [-0.1, -0.05) is 0 Å². The molecule has 6 nitrogen and oxygen atoms in total. The van der Waals surface area contributed by atoms with E-state index in [1.54, 1.807) is 13.8 Å². The number of rotatable bonds is 4. The first-order valence-electron chi connectivity index (χ1n) is 6.06. The minimum atomic E-state index is -0.446. The topological polar surface area (TPSA) is 79.5 Å². The molecule has 0 aromatic rings. The van der Waals surface area contributed by atoms with Crippen LogP contribution in [0.1, 0.15) is 26.7 Å². The maximum atomic E-state index is 11.6. The van der Waals surface area contributed by atoms with Crippen LogP contribution in [0.5, 0.6) is 0 Å². The molecule has 0 radical (unpaired) electrons. The Morgan fingerprint density at radius 3 is 2.59 bits per heavy atom. The molecule has 1 saturated heterocycles. The lowest BCUT2D eigenvalue weighted by Crippen LogP contribution is -2.51. The van der Waals surface area contributed by atoms with Crippen LogP contribution in [0.15, 0.2) is 0 Å². The molecule has 0 aliphatic carbocycles. The van der Waals surface area contributed by atoms with Crippen molar-refractivity contribution in [2.75, 3.05) is 19.8 Å². The van der Waals surface area contributed by atoms with E-state index in [1.165, 1.54) is 0 Å². The number of hydrogen-bond acceptors (Lipinski definition) is 4. The van der Waals surface area contributed by atoms with Gasteiger partial charge < -0.3 is 15.4 Å². The Bertz CT molecular complexity index is 265. The highest BCUT2D eigenvalue weighted by Crippen LogP contribution is 2.06. The lowest BCUT2D eigenvalue weighted by Gasteiger charge is -2.26. The molecule has 0 spiro atoms. The van der Waals surface area contributed by atoms with Crippen LogP contribution in [0.25, 0.3) is 0 Å². The van der Waals surface area contributed by atoms with Crippen molar-refractivity contribution >= 4 is 11.9 Å². The fourth-order valence-corrected chi connectivity index (χ4v) is 1.72. The number of urea groups is 1. The average molecular weight is 243 g/mol. The van der Waals surface area contributed by atoms with E-state index in [2.05, 4.69) is 16.0 Å². The third-order valence-corrected chi connectivity index (χ3v) is 2.67. The number of nitrogens with one attached hydrogen (secondary N) is 3. The predicted molar refractivity (Wildman–Crippen MR) is 63.7 cm³/mol. The molecule has 17 heavy (non-hydrogen) atoms. The van der Waals surface area contributed by atoms with E-state index in [4.69, 9.17) is 4.74 Å². The van der Waals surface area contributed by atoms with Crippen LogP contribution in [0.3, 0.4) is 0 Å². The zero-order valence-corrected chi connectivity index (χ0v) is 10.4. The van der Waals surface area contributed by atoms with Gasteiger partial charge in [0.15, 0.2) is 0 Å². The molecule has 1 unspecified atom stereocenters. The van der Waals surface area contributed by atoms with Crippen molar-refractivity contribution < 1.29 is 14.3 Å². The van der Waals surface area contributed by atoms with Gasteiger partial charge >= 0.3 is 6.03 Å². The minimum Gasteiger partial charge on any atom is -0.381 e. The van der Waals surface area contributed by atoms with E-state index >= 15 is 0 Å². The fourth-order valence-electron chi connectivity index (χ4n) is 1.72. The van der Waals surface area contributed by atoms with Gasteiger partial charge in [0.05, 0.1) is 6.04 Å². The molecule has 1 rings (SSSR count). The number of carbonyl (C=O) groups excluding carboxylic acids is 2. The van der Waals surface area contributed by atoms with Crippen LogP contribution >= 0.6 is 0 Å². The van der Waals surface area contributed by atoms with Gasteiger partial charge in [0, 0.05) is 25.8 Å². The summed E-state index contributed by atoms with van der Waals surface area (Å²) in [7, 11) is 0. The van der Waals surface area contributed by atoms with Crippen LogP contribution in [0.4, 0.5) is 4.79 Å². The lowest BCUT2D eigenvalue weighted by molar-refractivity contribution is -0.122. The Labute approximate surface area is 101 Å². The van der Waals surface area contributed by atoms with Crippen molar-refractivity contribution in [3.05, 3.63) is 0 Å². The SMILES string of the molecule is CCNC(=O)NC(=O)C(C)NC1CCOCC1. The molecule has 3 N–H and O–H groups in total. The molecule has 1 aliphatic rings. The quantitative estimate of drug-likeness (QED) is 0.649. The third kappa shape index (κ3) is 5.14. The second-order valence-electron chi connectivity index (χ2n) is 4.12. The second-order valence-corrected chi connectivity index (χ2v) is 4.12. The summed E-state index contributed by atoms with van der Waals surface area (Å²) in [5.41, 5.74) is 0. The van der Waals surface area contributed by atoms with Crippen molar-refractivity contribution in [1.82, 2.24) is 16.0 Å². The molecule has 98 valence electrons. The summed E-state index contributed by atoms with van der Waals surface area (Å²) in [6, 6.07) is -0.530. The van der Waals surface area contributed by atoms with E-state index in [-0.39, 0.29) is 11.9 Å².